The first kappa shape index (κ1) is 12.4. The molecule has 0 aliphatic rings. The van der Waals surface area contributed by atoms with Crippen LogP contribution in [0.4, 0.5) is 0 Å². The molecule has 0 radical (unpaired) electrons. The summed E-state index contributed by atoms with van der Waals surface area (Å²) in [5, 5.41) is 15.5. The Morgan fingerprint density at radius 2 is 2.22 bits per heavy atom. The maximum atomic E-state index is 10.8. The molecule has 2 rings (SSSR count). The molecule has 3 N–H and O–H groups in total. The van der Waals surface area contributed by atoms with Crippen molar-refractivity contribution in [3.63, 3.8) is 0 Å². The van der Waals surface area contributed by atoms with Crippen LogP contribution < -0.4 is 5.14 Å². The Hall–Kier alpha value is -2.10. The van der Waals surface area contributed by atoms with Crippen LogP contribution in [-0.4, -0.2) is 13.4 Å². The number of aromatic nitrogens is 1. The smallest absolute Gasteiger partial charge is 0.231 e. The fraction of sp³-hybridized carbons (Fsp3) is 0.0833. The van der Waals surface area contributed by atoms with Gasteiger partial charge in [0.15, 0.2) is 0 Å². The van der Waals surface area contributed by atoms with Gasteiger partial charge >= 0.3 is 0 Å². The summed E-state index contributed by atoms with van der Waals surface area (Å²) >= 11 is 0. The number of aromatic amines is 1. The summed E-state index contributed by atoms with van der Waals surface area (Å²) in [5.41, 5.74) is 2.52. The maximum absolute atomic E-state index is 10.8. The van der Waals surface area contributed by atoms with Gasteiger partial charge in [0.1, 0.15) is 0 Å². The molecule has 0 saturated heterocycles. The number of nitrogens with one attached hydrogen (secondary N) is 1. The fourth-order valence-electron chi connectivity index (χ4n) is 1.70. The molecule has 0 aliphatic carbocycles. The van der Waals surface area contributed by atoms with E-state index in [4.69, 9.17) is 10.4 Å². The Kier molecular flexibility index (Phi) is 3.19. The van der Waals surface area contributed by atoms with E-state index in [0.717, 1.165) is 27.4 Å². The molecular weight excluding hydrogens is 250 g/mol. The van der Waals surface area contributed by atoms with Crippen LogP contribution in [-0.2, 0) is 16.4 Å². The largest absolute Gasteiger partial charge is 0.361 e. The number of nitrogens with two attached hydrogens (primary N) is 1. The van der Waals surface area contributed by atoms with E-state index in [-0.39, 0.29) is 0 Å². The topological polar surface area (TPSA) is 99.7 Å². The van der Waals surface area contributed by atoms with Crippen molar-refractivity contribution in [2.75, 3.05) is 0 Å². The summed E-state index contributed by atoms with van der Waals surface area (Å²) in [5.74, 6) is 0. The highest BCUT2D eigenvalue weighted by molar-refractivity contribution is 7.92. The van der Waals surface area contributed by atoms with Crippen molar-refractivity contribution in [3.8, 4) is 6.07 Å². The molecule has 6 heteroatoms. The Balaban J connectivity index is 2.46. The van der Waals surface area contributed by atoms with Gasteiger partial charge in [-0.05, 0) is 29.3 Å². The third-order valence-electron chi connectivity index (χ3n) is 2.51. The van der Waals surface area contributed by atoms with E-state index in [9.17, 15) is 8.42 Å². The number of rotatable bonds is 3. The molecule has 92 valence electrons. The second kappa shape index (κ2) is 4.64. The lowest BCUT2D eigenvalue weighted by Gasteiger charge is -1.96. The Labute approximate surface area is 105 Å². The normalized spacial score (nSPS) is 12.0. The standard InChI is InChI=1S/C12H11N3O2S/c13-5-3-10-8-15-12-2-1-9(7-11(10)12)4-6-18(14,16)17/h1-2,4,6-8,15H,3H2,(H2,14,16,17). The Morgan fingerprint density at radius 3 is 2.89 bits per heavy atom. The molecule has 0 unspecified atom stereocenters. The van der Waals surface area contributed by atoms with Crippen molar-refractivity contribution in [1.29, 1.82) is 5.26 Å². The molecule has 1 aromatic heterocycles. The number of nitriles is 1. The summed E-state index contributed by atoms with van der Waals surface area (Å²) in [4.78, 5) is 3.05. The quantitative estimate of drug-likeness (QED) is 0.875. The lowest BCUT2D eigenvalue weighted by molar-refractivity contribution is 0.606. The number of primary sulfonamides is 1. The Morgan fingerprint density at radius 1 is 1.44 bits per heavy atom. The van der Waals surface area contributed by atoms with Gasteiger partial charge in [-0.25, -0.2) is 13.6 Å². The van der Waals surface area contributed by atoms with Crippen LogP contribution >= 0.6 is 0 Å². The van der Waals surface area contributed by atoms with Gasteiger partial charge in [-0.2, -0.15) is 5.26 Å². The molecular formula is C12H11N3O2S. The van der Waals surface area contributed by atoms with E-state index in [0.29, 0.717) is 6.42 Å². The van der Waals surface area contributed by atoms with Gasteiger partial charge in [-0.3, -0.25) is 0 Å². The summed E-state index contributed by atoms with van der Waals surface area (Å²) in [6, 6.07) is 7.51. The molecule has 0 atom stereocenters. The number of hydrogen-bond acceptors (Lipinski definition) is 3. The number of nitrogens with zero attached hydrogens (tertiary/aromatic N) is 1. The minimum Gasteiger partial charge on any atom is -0.361 e. The second-order valence-corrected chi connectivity index (χ2v) is 5.30. The lowest BCUT2D eigenvalue weighted by Crippen LogP contribution is -2.06. The first-order valence-electron chi connectivity index (χ1n) is 5.17. The van der Waals surface area contributed by atoms with Gasteiger partial charge in [0.2, 0.25) is 10.0 Å². The minimum atomic E-state index is -3.62. The van der Waals surface area contributed by atoms with Gasteiger partial charge in [0.25, 0.3) is 0 Å². The highest BCUT2D eigenvalue weighted by atomic mass is 32.2. The molecule has 0 aliphatic heterocycles. The van der Waals surface area contributed by atoms with E-state index in [1.54, 1.807) is 12.3 Å². The van der Waals surface area contributed by atoms with E-state index < -0.39 is 10.0 Å². The van der Waals surface area contributed by atoms with E-state index in [1.165, 1.54) is 6.08 Å². The van der Waals surface area contributed by atoms with Crippen molar-refractivity contribution in [2.45, 2.75) is 6.42 Å². The monoisotopic (exact) mass is 261 g/mol. The van der Waals surface area contributed by atoms with Crippen LogP contribution in [0.3, 0.4) is 0 Å². The van der Waals surface area contributed by atoms with Crippen molar-refractivity contribution in [3.05, 3.63) is 40.9 Å². The molecule has 0 fully saturated rings. The van der Waals surface area contributed by atoms with Gasteiger partial charge in [-0.1, -0.05) is 6.07 Å². The summed E-state index contributed by atoms with van der Waals surface area (Å²) in [6.45, 7) is 0. The molecule has 18 heavy (non-hydrogen) atoms. The minimum absolute atomic E-state index is 0.308. The predicted molar refractivity (Wildman–Crippen MR) is 69.8 cm³/mol. The van der Waals surface area contributed by atoms with Gasteiger partial charge in [-0.15, -0.1) is 0 Å². The Bertz CT molecular complexity index is 751. The molecule has 0 spiro atoms. The second-order valence-electron chi connectivity index (χ2n) is 3.85. The molecule has 1 heterocycles. The number of hydrogen-bond donors (Lipinski definition) is 2. The number of benzene rings is 1. The summed E-state index contributed by atoms with van der Waals surface area (Å²) < 4.78 is 21.7. The van der Waals surface area contributed by atoms with E-state index in [1.807, 2.05) is 12.1 Å². The van der Waals surface area contributed by atoms with Gasteiger partial charge < -0.3 is 4.98 Å². The van der Waals surface area contributed by atoms with Crippen LogP contribution in [0.2, 0.25) is 0 Å². The van der Waals surface area contributed by atoms with Crippen molar-refractivity contribution in [2.24, 2.45) is 5.14 Å². The van der Waals surface area contributed by atoms with Gasteiger partial charge in [0, 0.05) is 22.5 Å². The lowest BCUT2D eigenvalue weighted by atomic mass is 10.1. The van der Waals surface area contributed by atoms with Crippen LogP contribution in [0, 0.1) is 11.3 Å². The van der Waals surface area contributed by atoms with Crippen molar-refractivity contribution >= 4 is 27.0 Å². The zero-order chi connectivity index (χ0) is 13.2. The van der Waals surface area contributed by atoms with E-state index >= 15 is 0 Å². The zero-order valence-corrected chi connectivity index (χ0v) is 10.2. The zero-order valence-electron chi connectivity index (χ0n) is 9.42. The molecule has 0 amide bonds. The number of H-pyrrole nitrogens is 1. The number of sulfonamides is 1. The van der Waals surface area contributed by atoms with Gasteiger partial charge in [0.05, 0.1) is 12.5 Å². The summed E-state index contributed by atoms with van der Waals surface area (Å²) in [7, 11) is -3.62. The predicted octanol–water partition coefficient (Wildman–Crippen LogP) is 1.49. The third-order valence-corrected chi connectivity index (χ3v) is 3.03. The molecule has 2 aromatic rings. The first-order chi connectivity index (χ1) is 8.49. The highest BCUT2D eigenvalue weighted by Gasteiger charge is 2.03. The SMILES string of the molecule is N#CCc1c[nH]c2ccc(C=CS(N)(=O)=O)cc12. The summed E-state index contributed by atoms with van der Waals surface area (Å²) in [6.07, 6.45) is 3.52. The number of fused-ring (bicyclic) bond motifs is 1. The van der Waals surface area contributed by atoms with Crippen molar-refractivity contribution < 1.29 is 8.42 Å². The maximum Gasteiger partial charge on any atom is 0.231 e. The third kappa shape index (κ3) is 2.77. The average Bonchev–Trinajstić information content (AvgIpc) is 2.69. The van der Waals surface area contributed by atoms with Crippen LogP contribution in [0.15, 0.2) is 29.8 Å². The van der Waals surface area contributed by atoms with Crippen LogP contribution in [0.1, 0.15) is 11.1 Å². The molecule has 1 aromatic carbocycles. The fourth-order valence-corrected chi connectivity index (χ4v) is 2.05. The average molecular weight is 261 g/mol. The molecule has 0 bridgehead atoms. The van der Waals surface area contributed by atoms with E-state index in [2.05, 4.69) is 11.1 Å². The molecule has 0 saturated carbocycles. The van der Waals surface area contributed by atoms with Crippen molar-refractivity contribution in [1.82, 2.24) is 4.98 Å². The van der Waals surface area contributed by atoms with Crippen LogP contribution in [0.25, 0.3) is 17.0 Å². The van der Waals surface area contributed by atoms with Crippen LogP contribution in [0.5, 0.6) is 0 Å². The highest BCUT2D eigenvalue weighted by Crippen LogP contribution is 2.21. The first-order valence-corrected chi connectivity index (χ1v) is 6.78. The molecule has 5 nitrogen and oxygen atoms in total.